The van der Waals surface area contributed by atoms with Crippen LogP contribution in [0.4, 0.5) is 4.39 Å². The molecule has 1 atom stereocenters. The Morgan fingerprint density at radius 3 is 2.50 bits per heavy atom. The summed E-state index contributed by atoms with van der Waals surface area (Å²) in [6.45, 7) is 4.13. The van der Waals surface area contributed by atoms with Crippen LogP contribution in [0.5, 0.6) is 0 Å². The molecular formula is C15H13BrClF. The molecule has 2 aromatic rings. The second-order valence-electron chi connectivity index (χ2n) is 4.35. The monoisotopic (exact) mass is 326 g/mol. The number of rotatable bonds is 2. The Balaban J connectivity index is 2.44. The van der Waals surface area contributed by atoms with Crippen LogP contribution >= 0.6 is 27.5 Å². The van der Waals surface area contributed by atoms with Crippen molar-refractivity contribution in [3.8, 4) is 0 Å². The zero-order chi connectivity index (χ0) is 13.3. The zero-order valence-corrected chi connectivity index (χ0v) is 12.5. The molecule has 0 heterocycles. The first kappa shape index (κ1) is 13.6. The predicted molar refractivity (Wildman–Crippen MR) is 78.1 cm³/mol. The number of hydrogen-bond donors (Lipinski definition) is 0. The molecule has 0 aliphatic rings. The molecule has 0 aliphatic carbocycles. The predicted octanol–water partition coefficient (Wildman–Crippen LogP) is 5.58. The fourth-order valence-corrected chi connectivity index (χ4v) is 2.85. The summed E-state index contributed by atoms with van der Waals surface area (Å²) < 4.78 is 13.4. The van der Waals surface area contributed by atoms with Crippen LogP contribution in [0.3, 0.4) is 0 Å². The van der Waals surface area contributed by atoms with Crippen LogP contribution in [0.2, 0.25) is 5.02 Å². The third-order valence-corrected chi connectivity index (χ3v) is 4.50. The smallest absolute Gasteiger partial charge is 0.142 e. The quantitative estimate of drug-likeness (QED) is 0.632. The minimum atomic E-state index is -0.387. The molecule has 18 heavy (non-hydrogen) atoms. The fraction of sp³-hybridized carbons (Fsp3) is 0.200. The van der Waals surface area contributed by atoms with Gasteiger partial charge in [-0.1, -0.05) is 57.9 Å². The SMILES string of the molecule is Cc1ccc(C(Br)c2cccc(F)c2Cl)cc1C. The van der Waals surface area contributed by atoms with Crippen molar-refractivity contribution in [2.24, 2.45) is 0 Å². The van der Waals surface area contributed by atoms with E-state index in [1.807, 2.05) is 12.1 Å². The molecule has 0 radical (unpaired) electrons. The van der Waals surface area contributed by atoms with E-state index in [0.717, 1.165) is 11.1 Å². The average molecular weight is 328 g/mol. The van der Waals surface area contributed by atoms with Gasteiger partial charge in [0.15, 0.2) is 0 Å². The Bertz CT molecular complexity index is 581. The van der Waals surface area contributed by atoms with Crippen molar-refractivity contribution in [1.82, 2.24) is 0 Å². The summed E-state index contributed by atoms with van der Waals surface area (Å²) in [5.74, 6) is -0.387. The van der Waals surface area contributed by atoms with Gasteiger partial charge in [0, 0.05) is 0 Å². The van der Waals surface area contributed by atoms with Gasteiger partial charge in [-0.05, 0) is 42.2 Å². The second-order valence-corrected chi connectivity index (χ2v) is 5.64. The van der Waals surface area contributed by atoms with E-state index >= 15 is 0 Å². The summed E-state index contributed by atoms with van der Waals surface area (Å²) in [5, 5.41) is 0.178. The van der Waals surface area contributed by atoms with Crippen molar-refractivity contribution >= 4 is 27.5 Å². The Labute approximate surface area is 120 Å². The lowest BCUT2D eigenvalue weighted by atomic mass is 10.0. The molecule has 2 aromatic carbocycles. The van der Waals surface area contributed by atoms with Crippen LogP contribution in [0.25, 0.3) is 0 Å². The highest BCUT2D eigenvalue weighted by atomic mass is 79.9. The lowest BCUT2D eigenvalue weighted by molar-refractivity contribution is 0.626. The van der Waals surface area contributed by atoms with Gasteiger partial charge in [0.2, 0.25) is 0 Å². The molecule has 3 heteroatoms. The molecule has 0 saturated carbocycles. The second kappa shape index (κ2) is 5.41. The fourth-order valence-electron chi connectivity index (χ4n) is 1.82. The first-order valence-electron chi connectivity index (χ1n) is 5.66. The number of halogens is 3. The highest BCUT2D eigenvalue weighted by Crippen LogP contribution is 2.36. The molecule has 0 bridgehead atoms. The third kappa shape index (κ3) is 2.60. The summed E-state index contributed by atoms with van der Waals surface area (Å²) >= 11 is 9.59. The van der Waals surface area contributed by atoms with E-state index < -0.39 is 0 Å². The van der Waals surface area contributed by atoms with Gasteiger partial charge in [0.05, 0.1) is 9.85 Å². The van der Waals surface area contributed by atoms with Crippen LogP contribution < -0.4 is 0 Å². The summed E-state index contributed by atoms with van der Waals surface area (Å²) in [6.07, 6.45) is 0. The lowest BCUT2D eigenvalue weighted by Crippen LogP contribution is -1.96. The molecule has 0 spiro atoms. The molecule has 0 aromatic heterocycles. The van der Waals surface area contributed by atoms with Crippen molar-refractivity contribution in [1.29, 1.82) is 0 Å². The Morgan fingerprint density at radius 1 is 1.11 bits per heavy atom. The van der Waals surface area contributed by atoms with E-state index in [4.69, 9.17) is 11.6 Å². The normalized spacial score (nSPS) is 12.5. The third-order valence-electron chi connectivity index (χ3n) is 3.08. The molecule has 0 saturated heterocycles. The number of benzene rings is 2. The summed E-state index contributed by atoms with van der Waals surface area (Å²) in [6, 6.07) is 11.1. The van der Waals surface area contributed by atoms with Gasteiger partial charge in [0.25, 0.3) is 0 Å². The van der Waals surface area contributed by atoms with Gasteiger partial charge in [0.1, 0.15) is 5.82 Å². The maximum atomic E-state index is 13.4. The van der Waals surface area contributed by atoms with E-state index in [-0.39, 0.29) is 15.7 Å². The van der Waals surface area contributed by atoms with Gasteiger partial charge in [-0.25, -0.2) is 4.39 Å². The van der Waals surface area contributed by atoms with E-state index in [1.165, 1.54) is 17.2 Å². The largest absolute Gasteiger partial charge is 0.205 e. The first-order chi connectivity index (χ1) is 8.50. The van der Waals surface area contributed by atoms with E-state index in [9.17, 15) is 4.39 Å². The standard InChI is InChI=1S/C15H13BrClF/c1-9-6-7-11(8-10(9)2)14(16)12-4-3-5-13(18)15(12)17/h3-8,14H,1-2H3. The van der Waals surface area contributed by atoms with Crippen LogP contribution in [-0.2, 0) is 0 Å². The van der Waals surface area contributed by atoms with Crippen LogP contribution in [-0.4, -0.2) is 0 Å². The van der Waals surface area contributed by atoms with Gasteiger partial charge >= 0.3 is 0 Å². The Hall–Kier alpha value is -0.860. The first-order valence-corrected chi connectivity index (χ1v) is 6.95. The molecule has 0 N–H and O–H groups in total. The molecule has 0 aliphatic heterocycles. The Kier molecular flexibility index (Phi) is 4.08. The highest BCUT2D eigenvalue weighted by Gasteiger charge is 2.16. The lowest BCUT2D eigenvalue weighted by Gasteiger charge is -2.14. The van der Waals surface area contributed by atoms with Crippen LogP contribution in [0, 0.1) is 19.7 Å². The topological polar surface area (TPSA) is 0 Å². The van der Waals surface area contributed by atoms with Crippen molar-refractivity contribution < 1.29 is 4.39 Å². The summed E-state index contributed by atoms with van der Waals surface area (Å²) in [5.41, 5.74) is 4.28. The van der Waals surface area contributed by atoms with E-state index in [0.29, 0.717) is 0 Å². The van der Waals surface area contributed by atoms with Crippen LogP contribution in [0.1, 0.15) is 27.1 Å². The maximum Gasteiger partial charge on any atom is 0.142 e. The molecule has 2 rings (SSSR count). The minimum Gasteiger partial charge on any atom is -0.205 e. The van der Waals surface area contributed by atoms with E-state index in [1.54, 1.807) is 6.07 Å². The highest BCUT2D eigenvalue weighted by molar-refractivity contribution is 9.09. The summed E-state index contributed by atoms with van der Waals surface area (Å²) in [7, 11) is 0. The van der Waals surface area contributed by atoms with E-state index in [2.05, 4.69) is 41.9 Å². The van der Waals surface area contributed by atoms with Crippen molar-refractivity contribution in [3.63, 3.8) is 0 Å². The van der Waals surface area contributed by atoms with Gasteiger partial charge in [-0.15, -0.1) is 0 Å². The molecule has 0 fully saturated rings. The Morgan fingerprint density at radius 2 is 1.83 bits per heavy atom. The van der Waals surface area contributed by atoms with Gasteiger partial charge in [-0.3, -0.25) is 0 Å². The maximum absolute atomic E-state index is 13.4. The average Bonchev–Trinajstić information content (AvgIpc) is 2.35. The number of aryl methyl sites for hydroxylation is 2. The molecule has 94 valence electrons. The van der Waals surface area contributed by atoms with Crippen molar-refractivity contribution in [2.75, 3.05) is 0 Å². The van der Waals surface area contributed by atoms with Gasteiger partial charge in [-0.2, -0.15) is 0 Å². The number of alkyl halides is 1. The van der Waals surface area contributed by atoms with Crippen molar-refractivity contribution in [2.45, 2.75) is 18.7 Å². The molecule has 0 nitrogen and oxygen atoms in total. The molecule has 1 unspecified atom stereocenters. The minimum absolute atomic E-state index is 0.0972. The molecule has 0 amide bonds. The summed E-state index contributed by atoms with van der Waals surface area (Å²) in [4.78, 5) is -0.0972. The zero-order valence-electron chi connectivity index (χ0n) is 10.2. The van der Waals surface area contributed by atoms with Crippen molar-refractivity contribution in [3.05, 3.63) is 69.5 Å². The molecular weight excluding hydrogens is 315 g/mol. The van der Waals surface area contributed by atoms with Gasteiger partial charge < -0.3 is 0 Å². The van der Waals surface area contributed by atoms with Crippen LogP contribution in [0.15, 0.2) is 36.4 Å². The number of hydrogen-bond acceptors (Lipinski definition) is 0.